The van der Waals surface area contributed by atoms with Crippen molar-refractivity contribution in [1.29, 1.82) is 0 Å². The van der Waals surface area contributed by atoms with Gasteiger partial charge in [0, 0.05) is 9.79 Å². The Labute approximate surface area is 74.3 Å². The van der Waals surface area contributed by atoms with E-state index in [1.54, 1.807) is 23.5 Å². The second-order valence-electron chi connectivity index (χ2n) is 2.13. The van der Waals surface area contributed by atoms with Gasteiger partial charge >= 0.3 is 0 Å². The molecule has 0 saturated heterocycles. The van der Waals surface area contributed by atoms with Gasteiger partial charge in [0.2, 0.25) is 0 Å². The topological polar surface area (TPSA) is 12.4 Å². The van der Waals surface area contributed by atoms with Crippen molar-refractivity contribution in [2.45, 2.75) is 9.79 Å². The van der Waals surface area contributed by atoms with Crippen LogP contribution in [0.2, 0.25) is 0 Å². The van der Waals surface area contributed by atoms with Crippen molar-refractivity contribution in [3.63, 3.8) is 0 Å². The van der Waals surface area contributed by atoms with Gasteiger partial charge in [-0.25, -0.2) is 0 Å². The molecule has 0 unspecified atom stereocenters. The fourth-order valence-corrected chi connectivity index (χ4v) is 2.59. The molecule has 0 aromatic heterocycles. The standard InChI is InChI=1S/C8H7NS2/c1-2-4-8-7(3-1)10-5-9-6-11-8/h1-5H,6H2. The van der Waals surface area contributed by atoms with Crippen LogP contribution in [0, 0.1) is 0 Å². The van der Waals surface area contributed by atoms with E-state index in [9.17, 15) is 0 Å². The lowest BCUT2D eigenvalue weighted by atomic mass is 10.4. The Morgan fingerprint density at radius 2 is 2.00 bits per heavy atom. The van der Waals surface area contributed by atoms with Crippen molar-refractivity contribution in [2.75, 3.05) is 5.88 Å². The average molecular weight is 181 g/mol. The number of benzene rings is 1. The number of thioether (sulfide) groups is 2. The number of aliphatic imine (C=N–C) groups is 1. The highest BCUT2D eigenvalue weighted by Crippen LogP contribution is 2.31. The minimum absolute atomic E-state index is 0.851. The second kappa shape index (κ2) is 3.32. The summed E-state index contributed by atoms with van der Waals surface area (Å²) < 4.78 is 0. The van der Waals surface area contributed by atoms with E-state index in [-0.39, 0.29) is 0 Å². The maximum atomic E-state index is 4.19. The molecule has 1 aliphatic rings. The summed E-state index contributed by atoms with van der Waals surface area (Å²) in [7, 11) is 0. The van der Waals surface area contributed by atoms with Crippen molar-refractivity contribution in [2.24, 2.45) is 4.99 Å². The molecule has 1 heterocycles. The van der Waals surface area contributed by atoms with Crippen molar-refractivity contribution >= 4 is 29.1 Å². The first kappa shape index (κ1) is 7.25. The molecule has 1 nitrogen and oxygen atoms in total. The Kier molecular flexibility index (Phi) is 2.19. The quantitative estimate of drug-likeness (QED) is 0.610. The molecule has 1 aromatic rings. The SMILES string of the molecule is C1=NCSc2ccccc2S1. The number of hydrogen-bond donors (Lipinski definition) is 0. The number of rotatable bonds is 0. The second-order valence-corrected chi connectivity index (χ2v) is 4.00. The van der Waals surface area contributed by atoms with Crippen LogP contribution in [-0.4, -0.2) is 11.4 Å². The van der Waals surface area contributed by atoms with E-state index in [2.05, 4.69) is 29.3 Å². The first-order valence-corrected chi connectivity index (χ1v) is 5.20. The molecule has 56 valence electrons. The summed E-state index contributed by atoms with van der Waals surface area (Å²) in [6.07, 6.45) is 0. The van der Waals surface area contributed by atoms with Crippen molar-refractivity contribution in [3.8, 4) is 0 Å². The van der Waals surface area contributed by atoms with E-state index in [1.165, 1.54) is 9.79 Å². The largest absolute Gasteiger partial charge is 0.275 e. The molecule has 2 rings (SSSR count). The zero-order valence-electron chi connectivity index (χ0n) is 5.86. The van der Waals surface area contributed by atoms with Gasteiger partial charge < -0.3 is 0 Å². The van der Waals surface area contributed by atoms with Gasteiger partial charge in [-0.2, -0.15) is 0 Å². The lowest BCUT2D eigenvalue weighted by molar-refractivity contribution is 1.25. The van der Waals surface area contributed by atoms with Crippen molar-refractivity contribution in [1.82, 2.24) is 0 Å². The van der Waals surface area contributed by atoms with E-state index in [4.69, 9.17) is 0 Å². The molecular formula is C8H7NS2. The van der Waals surface area contributed by atoms with Crippen LogP contribution >= 0.6 is 23.5 Å². The van der Waals surface area contributed by atoms with Gasteiger partial charge in [-0.1, -0.05) is 23.9 Å². The third-order valence-corrected chi connectivity index (χ3v) is 3.34. The molecule has 3 heteroatoms. The maximum absolute atomic E-state index is 4.19. The third kappa shape index (κ3) is 1.60. The highest BCUT2D eigenvalue weighted by atomic mass is 32.2. The van der Waals surface area contributed by atoms with Crippen LogP contribution in [0.5, 0.6) is 0 Å². The predicted octanol–water partition coefficient (Wildman–Crippen LogP) is 2.87. The molecule has 0 amide bonds. The van der Waals surface area contributed by atoms with Gasteiger partial charge in [0.15, 0.2) is 0 Å². The van der Waals surface area contributed by atoms with Gasteiger partial charge in [0.05, 0.1) is 11.4 Å². The normalized spacial score (nSPS) is 15.6. The lowest BCUT2D eigenvalue weighted by Crippen LogP contribution is -1.74. The summed E-state index contributed by atoms with van der Waals surface area (Å²) in [6.45, 7) is 0. The summed E-state index contributed by atoms with van der Waals surface area (Å²) in [5.74, 6) is 0.851. The molecule has 0 fully saturated rings. The number of nitrogens with zero attached hydrogens (tertiary/aromatic N) is 1. The van der Waals surface area contributed by atoms with Crippen LogP contribution in [0.4, 0.5) is 0 Å². The van der Waals surface area contributed by atoms with Crippen LogP contribution < -0.4 is 0 Å². The Morgan fingerprint density at radius 1 is 1.18 bits per heavy atom. The minimum Gasteiger partial charge on any atom is -0.275 e. The number of hydrogen-bond acceptors (Lipinski definition) is 3. The molecule has 1 aromatic carbocycles. The zero-order valence-corrected chi connectivity index (χ0v) is 7.49. The van der Waals surface area contributed by atoms with Crippen molar-refractivity contribution < 1.29 is 0 Å². The van der Waals surface area contributed by atoms with Crippen LogP contribution in [0.15, 0.2) is 39.0 Å². The summed E-state index contributed by atoms with van der Waals surface area (Å²) in [5, 5.41) is 0. The molecule has 0 N–H and O–H groups in total. The van der Waals surface area contributed by atoms with E-state index in [0.717, 1.165) is 5.88 Å². The molecule has 1 aliphatic heterocycles. The first-order valence-electron chi connectivity index (χ1n) is 3.33. The third-order valence-electron chi connectivity index (χ3n) is 1.40. The summed E-state index contributed by atoms with van der Waals surface area (Å²) in [5.41, 5.74) is 1.92. The number of fused-ring (bicyclic) bond motifs is 1. The summed E-state index contributed by atoms with van der Waals surface area (Å²) in [4.78, 5) is 6.85. The molecule has 0 aliphatic carbocycles. The lowest BCUT2D eigenvalue weighted by Gasteiger charge is -1.99. The Balaban J connectivity index is 2.40. The van der Waals surface area contributed by atoms with E-state index < -0.39 is 0 Å². The average Bonchev–Trinajstić information content (AvgIpc) is 2.28. The Hall–Kier alpha value is -0.410. The smallest absolute Gasteiger partial charge is 0.0896 e. The molecular weight excluding hydrogens is 174 g/mol. The van der Waals surface area contributed by atoms with Crippen molar-refractivity contribution in [3.05, 3.63) is 24.3 Å². The molecule has 0 spiro atoms. The predicted molar refractivity (Wildman–Crippen MR) is 51.5 cm³/mol. The highest BCUT2D eigenvalue weighted by Gasteiger charge is 2.03. The van der Waals surface area contributed by atoms with Crippen LogP contribution in [0.3, 0.4) is 0 Å². The van der Waals surface area contributed by atoms with Gasteiger partial charge in [-0.15, -0.1) is 11.8 Å². The molecule has 0 atom stereocenters. The van der Waals surface area contributed by atoms with Gasteiger partial charge in [-0.3, -0.25) is 4.99 Å². The van der Waals surface area contributed by atoms with Crippen LogP contribution in [0.1, 0.15) is 0 Å². The monoisotopic (exact) mass is 181 g/mol. The molecule has 11 heavy (non-hydrogen) atoms. The maximum Gasteiger partial charge on any atom is 0.0896 e. The fourth-order valence-electron chi connectivity index (χ4n) is 0.898. The summed E-state index contributed by atoms with van der Waals surface area (Å²) >= 11 is 3.49. The minimum atomic E-state index is 0.851. The van der Waals surface area contributed by atoms with Gasteiger partial charge in [0.25, 0.3) is 0 Å². The summed E-state index contributed by atoms with van der Waals surface area (Å²) in [6, 6.07) is 8.40. The zero-order chi connectivity index (χ0) is 7.52. The fraction of sp³-hybridized carbons (Fsp3) is 0.125. The van der Waals surface area contributed by atoms with E-state index in [1.807, 2.05) is 5.55 Å². The first-order chi connectivity index (χ1) is 5.47. The van der Waals surface area contributed by atoms with Gasteiger partial charge in [0.1, 0.15) is 0 Å². The van der Waals surface area contributed by atoms with Crippen LogP contribution in [-0.2, 0) is 0 Å². The molecule has 0 saturated carbocycles. The molecule has 0 radical (unpaired) electrons. The highest BCUT2D eigenvalue weighted by molar-refractivity contribution is 8.13. The Morgan fingerprint density at radius 3 is 2.91 bits per heavy atom. The van der Waals surface area contributed by atoms with Crippen LogP contribution in [0.25, 0.3) is 0 Å². The Bertz CT molecular complexity index is 283. The van der Waals surface area contributed by atoms with Gasteiger partial charge in [-0.05, 0) is 12.1 Å². The van der Waals surface area contributed by atoms with E-state index >= 15 is 0 Å². The molecule has 0 bridgehead atoms. The van der Waals surface area contributed by atoms with E-state index in [0.29, 0.717) is 0 Å².